The number of carbonyl (C=O) groups is 2. The van der Waals surface area contributed by atoms with Gasteiger partial charge in [-0.1, -0.05) is 66.7 Å². The number of anilines is 1. The van der Waals surface area contributed by atoms with Crippen molar-refractivity contribution in [1.82, 2.24) is 15.1 Å². The van der Waals surface area contributed by atoms with Crippen molar-refractivity contribution in [3.05, 3.63) is 78.4 Å². The Kier molecular flexibility index (Phi) is 7.94. The zero-order chi connectivity index (χ0) is 24.7. The van der Waals surface area contributed by atoms with Gasteiger partial charge < -0.3 is 10.6 Å². The fourth-order valence-corrected chi connectivity index (χ4v) is 5.48. The van der Waals surface area contributed by atoms with Gasteiger partial charge in [-0.2, -0.15) is 0 Å². The van der Waals surface area contributed by atoms with Gasteiger partial charge in [-0.15, -0.1) is 0 Å². The van der Waals surface area contributed by atoms with E-state index in [4.69, 9.17) is 0 Å². The molecule has 2 N–H and O–H groups in total. The summed E-state index contributed by atoms with van der Waals surface area (Å²) in [5, 5.41) is 8.56. The molecule has 0 aliphatic carbocycles. The van der Waals surface area contributed by atoms with Gasteiger partial charge in [-0.3, -0.25) is 19.4 Å². The molecule has 2 amide bonds. The van der Waals surface area contributed by atoms with E-state index in [2.05, 4.69) is 62.9 Å². The minimum atomic E-state index is -0.00322. The summed E-state index contributed by atoms with van der Waals surface area (Å²) in [5.74, 6) is 0.234. The molecule has 0 bridgehead atoms. The van der Waals surface area contributed by atoms with Crippen LogP contribution in [0.5, 0.6) is 0 Å². The van der Waals surface area contributed by atoms with Crippen molar-refractivity contribution < 1.29 is 9.59 Å². The number of nitrogens with one attached hydrogen (secondary N) is 2. The van der Waals surface area contributed by atoms with Crippen LogP contribution in [0, 0.1) is 5.92 Å². The van der Waals surface area contributed by atoms with Crippen LogP contribution in [-0.4, -0.2) is 60.4 Å². The Labute approximate surface area is 213 Å². The second kappa shape index (κ2) is 11.7. The Morgan fingerprint density at radius 3 is 2.19 bits per heavy atom. The molecular weight excluding hydrogens is 448 g/mol. The molecular formula is C30H36N4O2. The summed E-state index contributed by atoms with van der Waals surface area (Å²) in [4.78, 5) is 30.3. The molecule has 0 saturated carbocycles. The molecule has 0 radical (unpaired) electrons. The van der Waals surface area contributed by atoms with E-state index in [0.29, 0.717) is 6.54 Å². The van der Waals surface area contributed by atoms with Crippen LogP contribution in [0.4, 0.5) is 5.69 Å². The molecule has 6 heteroatoms. The van der Waals surface area contributed by atoms with Crippen molar-refractivity contribution in [2.75, 3.05) is 38.0 Å². The van der Waals surface area contributed by atoms with Crippen LogP contribution in [-0.2, 0) is 16.1 Å². The van der Waals surface area contributed by atoms with Crippen molar-refractivity contribution in [3.8, 4) is 0 Å². The number of likely N-dealkylation sites (tertiary alicyclic amines) is 2. The molecule has 188 valence electrons. The Morgan fingerprint density at radius 2 is 1.42 bits per heavy atom. The Hall–Kier alpha value is -3.22. The Bertz CT molecular complexity index is 1160. The number of hydrogen-bond donors (Lipinski definition) is 2. The summed E-state index contributed by atoms with van der Waals surface area (Å²) < 4.78 is 0. The molecule has 2 heterocycles. The lowest BCUT2D eigenvalue weighted by Gasteiger charge is -2.35. The number of nitrogens with zero attached hydrogens (tertiary/aromatic N) is 2. The predicted octanol–water partition coefficient (Wildman–Crippen LogP) is 4.27. The summed E-state index contributed by atoms with van der Waals surface area (Å²) in [5.41, 5.74) is 2.19. The normalized spacial score (nSPS) is 18.2. The highest BCUT2D eigenvalue weighted by Crippen LogP contribution is 2.24. The first-order chi connectivity index (χ1) is 17.6. The maximum absolute atomic E-state index is 12.9. The zero-order valence-electron chi connectivity index (χ0n) is 20.9. The van der Waals surface area contributed by atoms with Crippen LogP contribution in [0.3, 0.4) is 0 Å². The molecule has 0 atom stereocenters. The summed E-state index contributed by atoms with van der Waals surface area (Å²) in [6.07, 6.45) is 3.62. The van der Waals surface area contributed by atoms with Crippen molar-refractivity contribution in [3.63, 3.8) is 0 Å². The van der Waals surface area contributed by atoms with Gasteiger partial charge in [0.1, 0.15) is 0 Å². The van der Waals surface area contributed by atoms with Crippen LogP contribution in [0.2, 0.25) is 0 Å². The third-order valence-corrected chi connectivity index (χ3v) is 7.57. The standard InChI is InChI=1S/C30H36N4O2/c35-29(32-28-12-6-10-24-9-4-5-11-27(24)28)22-34-17-13-25(14-18-34)30(36)31-26-15-19-33(20-16-26)21-23-7-2-1-3-8-23/h1-12,25-26H,13-22H2,(H,31,36)(H,32,35). The van der Waals surface area contributed by atoms with Crippen LogP contribution >= 0.6 is 0 Å². The summed E-state index contributed by atoms with van der Waals surface area (Å²) in [7, 11) is 0. The van der Waals surface area contributed by atoms with Crippen molar-refractivity contribution in [2.45, 2.75) is 38.3 Å². The van der Waals surface area contributed by atoms with E-state index in [9.17, 15) is 9.59 Å². The fraction of sp³-hybridized carbons (Fsp3) is 0.400. The molecule has 3 aromatic rings. The number of piperidine rings is 2. The highest BCUT2D eigenvalue weighted by molar-refractivity contribution is 6.02. The molecule has 0 unspecified atom stereocenters. The first-order valence-electron chi connectivity index (χ1n) is 13.2. The van der Waals surface area contributed by atoms with E-state index < -0.39 is 0 Å². The van der Waals surface area contributed by atoms with Crippen molar-refractivity contribution in [2.24, 2.45) is 5.92 Å². The van der Waals surface area contributed by atoms with E-state index in [1.165, 1.54) is 5.56 Å². The van der Waals surface area contributed by atoms with Gasteiger partial charge in [0, 0.05) is 42.7 Å². The van der Waals surface area contributed by atoms with Gasteiger partial charge in [0.15, 0.2) is 0 Å². The summed E-state index contributed by atoms with van der Waals surface area (Å²) >= 11 is 0. The second-order valence-electron chi connectivity index (χ2n) is 10.2. The maximum Gasteiger partial charge on any atom is 0.238 e. The van der Waals surface area contributed by atoms with Gasteiger partial charge in [0.25, 0.3) is 0 Å². The quantitative estimate of drug-likeness (QED) is 0.526. The van der Waals surface area contributed by atoms with E-state index in [-0.39, 0.29) is 23.8 Å². The van der Waals surface area contributed by atoms with Gasteiger partial charge in [-0.05, 0) is 55.8 Å². The average molecular weight is 485 g/mol. The Morgan fingerprint density at radius 1 is 0.750 bits per heavy atom. The van der Waals surface area contributed by atoms with Crippen LogP contribution in [0.15, 0.2) is 72.8 Å². The van der Waals surface area contributed by atoms with Crippen LogP contribution in [0.25, 0.3) is 10.8 Å². The molecule has 2 fully saturated rings. The summed E-state index contributed by atoms with van der Waals surface area (Å²) in [6.45, 7) is 4.92. The number of benzene rings is 3. The molecule has 6 nitrogen and oxygen atoms in total. The highest BCUT2D eigenvalue weighted by atomic mass is 16.2. The van der Waals surface area contributed by atoms with E-state index in [0.717, 1.165) is 74.9 Å². The molecule has 3 aromatic carbocycles. The molecule has 0 spiro atoms. The molecule has 0 aromatic heterocycles. The van der Waals surface area contributed by atoms with Crippen molar-refractivity contribution in [1.29, 1.82) is 0 Å². The number of rotatable bonds is 7. The minimum absolute atomic E-state index is 0.00322. The van der Waals surface area contributed by atoms with Gasteiger partial charge in [0.2, 0.25) is 11.8 Å². The first-order valence-corrected chi connectivity index (χ1v) is 13.2. The number of fused-ring (bicyclic) bond motifs is 1. The fourth-order valence-electron chi connectivity index (χ4n) is 5.48. The molecule has 36 heavy (non-hydrogen) atoms. The topological polar surface area (TPSA) is 64.7 Å². The second-order valence-corrected chi connectivity index (χ2v) is 10.2. The lowest BCUT2D eigenvalue weighted by molar-refractivity contribution is -0.127. The monoisotopic (exact) mass is 484 g/mol. The molecule has 2 aliphatic heterocycles. The molecule has 2 aliphatic rings. The molecule has 5 rings (SSSR count). The van der Waals surface area contributed by atoms with E-state index >= 15 is 0 Å². The first kappa shape index (κ1) is 24.5. The SMILES string of the molecule is O=C(CN1CCC(C(=O)NC2CCN(Cc3ccccc3)CC2)CC1)Nc1cccc2ccccc12. The minimum Gasteiger partial charge on any atom is -0.353 e. The lowest BCUT2D eigenvalue weighted by Crippen LogP contribution is -2.48. The van der Waals surface area contributed by atoms with Gasteiger partial charge in [-0.25, -0.2) is 0 Å². The zero-order valence-corrected chi connectivity index (χ0v) is 20.9. The van der Waals surface area contributed by atoms with E-state index in [1.54, 1.807) is 0 Å². The highest BCUT2D eigenvalue weighted by Gasteiger charge is 2.28. The van der Waals surface area contributed by atoms with Crippen LogP contribution < -0.4 is 10.6 Å². The third kappa shape index (κ3) is 6.31. The molecule has 2 saturated heterocycles. The van der Waals surface area contributed by atoms with E-state index in [1.807, 2.05) is 30.3 Å². The third-order valence-electron chi connectivity index (χ3n) is 7.57. The largest absolute Gasteiger partial charge is 0.353 e. The predicted molar refractivity (Wildman–Crippen MR) is 145 cm³/mol. The maximum atomic E-state index is 12.9. The lowest BCUT2D eigenvalue weighted by atomic mass is 9.94. The van der Waals surface area contributed by atoms with Crippen molar-refractivity contribution >= 4 is 28.3 Å². The van der Waals surface area contributed by atoms with Gasteiger partial charge in [0.05, 0.1) is 6.54 Å². The Balaban J connectivity index is 1.03. The van der Waals surface area contributed by atoms with Crippen LogP contribution in [0.1, 0.15) is 31.2 Å². The average Bonchev–Trinajstić information content (AvgIpc) is 2.91. The number of amides is 2. The smallest absolute Gasteiger partial charge is 0.238 e. The number of hydrogen-bond acceptors (Lipinski definition) is 4. The number of carbonyl (C=O) groups excluding carboxylic acids is 2. The summed E-state index contributed by atoms with van der Waals surface area (Å²) in [6, 6.07) is 24.9. The van der Waals surface area contributed by atoms with Gasteiger partial charge >= 0.3 is 0 Å².